The standard InChI is InChI=1S/C50H82N8O16/c1-5-26(2)20-27(3)12-10-8-6-7-9-11-13-38(65)52-33-23-37(64)47(71)56-46(70)35-22-32(62)25-58(35)50(74)40(36(63)18-19-51)54-48(72)41(43(67)42(66)29-14-16-30(60)17-15-29)55-45(69)34-21-31(61)24-57(34)49(73)39(28(4)59)53-44(33)68/h14-17,26-28,31-37,39-43,47,59-64,66-67,71H,5-13,18-25,51H2,1-4H3,(H,52,65)(H,53,68)(H,54,72)(H,55,69)(H,56,70)/t26-,27+,28+,31+,32+,33-,34-,35-,36+,37+,39-,40-,41-,42-,43-,47+/m0/s1. The van der Waals surface area contributed by atoms with Crippen molar-refractivity contribution in [2.45, 2.75) is 203 Å². The van der Waals surface area contributed by atoms with Crippen LogP contribution in [0.2, 0.25) is 0 Å². The monoisotopic (exact) mass is 1050 g/mol. The molecule has 0 aliphatic carbocycles. The summed E-state index contributed by atoms with van der Waals surface area (Å²) in [6.07, 6.45) is -8.39. The fourth-order valence-electron chi connectivity index (χ4n) is 9.78. The van der Waals surface area contributed by atoms with Gasteiger partial charge in [0.05, 0.1) is 24.4 Å². The lowest BCUT2D eigenvalue weighted by Gasteiger charge is -2.34. The van der Waals surface area contributed by atoms with E-state index in [1.54, 1.807) is 0 Å². The lowest BCUT2D eigenvalue weighted by molar-refractivity contribution is -0.147. The van der Waals surface area contributed by atoms with Crippen LogP contribution in [0, 0.1) is 11.8 Å². The SMILES string of the molecule is CC[C@H](C)C[C@H](C)CCCCCCCCC(=O)N[C@H]1C[C@@H](O)[C@@H](O)NC(=O)[C@@H]2C[C@@H](O)CN2C(=O)[C@H]([C@H](O)CCN)NC(=O)[C@H]([C@H](O)[C@@H](O)c2ccc(O)cc2)NC(=O)[C@@H]2C[C@@H](O)CN2C(=O)[C@H]([C@@H](C)O)NC1=O. The zero-order valence-corrected chi connectivity index (χ0v) is 42.9. The Labute approximate surface area is 431 Å². The molecule has 7 amide bonds. The number of fused-ring (bicyclic) bond motifs is 2. The second-order valence-corrected chi connectivity index (χ2v) is 20.6. The predicted molar refractivity (Wildman–Crippen MR) is 265 cm³/mol. The van der Waals surface area contributed by atoms with E-state index in [0.29, 0.717) is 24.7 Å². The number of carbonyl (C=O) groups is 7. The van der Waals surface area contributed by atoms with Crippen molar-refractivity contribution in [1.29, 1.82) is 0 Å². The number of rotatable bonds is 20. The first kappa shape index (κ1) is 61.5. The second-order valence-electron chi connectivity index (χ2n) is 20.6. The average Bonchev–Trinajstić information content (AvgIpc) is 3.95. The van der Waals surface area contributed by atoms with Gasteiger partial charge in [-0.25, -0.2) is 0 Å². The third kappa shape index (κ3) is 17.5. The number of aliphatic hydroxyl groups excluding tert-OH is 8. The third-order valence-corrected chi connectivity index (χ3v) is 14.3. The van der Waals surface area contributed by atoms with Crippen molar-refractivity contribution in [3.8, 4) is 5.75 Å². The van der Waals surface area contributed by atoms with Crippen LogP contribution in [0.15, 0.2) is 24.3 Å². The molecule has 4 rings (SSSR count). The molecule has 0 bridgehead atoms. The van der Waals surface area contributed by atoms with Crippen LogP contribution < -0.4 is 32.3 Å². The van der Waals surface area contributed by atoms with Crippen LogP contribution in [0.5, 0.6) is 5.75 Å². The number of nitrogens with zero attached hydrogens (tertiary/aromatic N) is 2. The highest BCUT2D eigenvalue weighted by molar-refractivity contribution is 5.98. The number of aliphatic hydroxyl groups is 8. The minimum Gasteiger partial charge on any atom is -0.508 e. The summed E-state index contributed by atoms with van der Waals surface area (Å²) in [7, 11) is 0. The number of hydrogen-bond donors (Lipinski definition) is 15. The van der Waals surface area contributed by atoms with E-state index < -0.39 is 159 Å². The van der Waals surface area contributed by atoms with Gasteiger partial charge in [0.1, 0.15) is 60.3 Å². The predicted octanol–water partition coefficient (Wildman–Crippen LogP) is -2.87. The molecule has 74 heavy (non-hydrogen) atoms. The third-order valence-electron chi connectivity index (χ3n) is 14.3. The molecule has 3 aliphatic rings. The quantitative estimate of drug-likeness (QED) is 0.0584. The molecule has 16 atom stereocenters. The first-order chi connectivity index (χ1) is 35.0. The number of phenols is 1. The number of aromatic hydroxyl groups is 1. The molecule has 24 heteroatoms. The maximum atomic E-state index is 14.4. The minimum atomic E-state index is -2.29. The van der Waals surface area contributed by atoms with Crippen molar-refractivity contribution in [3.63, 3.8) is 0 Å². The molecular weight excluding hydrogens is 969 g/mol. The molecule has 418 valence electrons. The van der Waals surface area contributed by atoms with Crippen LogP contribution in [-0.4, -0.2) is 196 Å². The van der Waals surface area contributed by atoms with Gasteiger partial charge in [0.15, 0.2) is 6.23 Å². The zero-order chi connectivity index (χ0) is 55.0. The lowest BCUT2D eigenvalue weighted by atomic mass is 9.91. The van der Waals surface area contributed by atoms with Gasteiger partial charge in [-0.1, -0.05) is 77.8 Å². The van der Waals surface area contributed by atoms with Crippen LogP contribution >= 0.6 is 0 Å². The topological polar surface area (TPSA) is 394 Å². The normalized spacial score (nSPS) is 29.3. The molecule has 3 heterocycles. The summed E-state index contributed by atoms with van der Waals surface area (Å²) in [4.78, 5) is 100. The van der Waals surface area contributed by atoms with Gasteiger partial charge in [0.2, 0.25) is 41.4 Å². The van der Waals surface area contributed by atoms with Crippen molar-refractivity contribution < 1.29 is 79.5 Å². The summed E-state index contributed by atoms with van der Waals surface area (Å²) in [6, 6.07) is -6.49. The minimum absolute atomic E-state index is 0.0554. The number of unbranched alkanes of at least 4 members (excludes halogenated alkanes) is 5. The van der Waals surface area contributed by atoms with Crippen LogP contribution in [0.4, 0.5) is 0 Å². The van der Waals surface area contributed by atoms with Crippen molar-refractivity contribution >= 4 is 41.4 Å². The van der Waals surface area contributed by atoms with Gasteiger partial charge in [-0.05, 0) is 62.3 Å². The van der Waals surface area contributed by atoms with Gasteiger partial charge < -0.3 is 88.1 Å². The van der Waals surface area contributed by atoms with Crippen molar-refractivity contribution in [2.24, 2.45) is 17.6 Å². The van der Waals surface area contributed by atoms with Gasteiger partial charge in [0, 0.05) is 38.8 Å². The Hall–Kier alpha value is -5.05. The van der Waals surface area contributed by atoms with Gasteiger partial charge in [-0.2, -0.15) is 0 Å². The summed E-state index contributed by atoms with van der Waals surface area (Å²) < 4.78 is 0. The number of amides is 7. The molecule has 0 radical (unpaired) electrons. The van der Waals surface area contributed by atoms with Gasteiger partial charge in [0.25, 0.3) is 0 Å². The van der Waals surface area contributed by atoms with Crippen molar-refractivity contribution in [2.75, 3.05) is 19.6 Å². The zero-order valence-electron chi connectivity index (χ0n) is 42.9. The maximum absolute atomic E-state index is 14.4. The summed E-state index contributed by atoms with van der Waals surface area (Å²) in [5, 5.41) is 111. The van der Waals surface area contributed by atoms with E-state index in [9.17, 15) is 79.5 Å². The first-order valence-corrected chi connectivity index (χ1v) is 26.0. The summed E-state index contributed by atoms with van der Waals surface area (Å²) >= 11 is 0. The molecule has 0 aromatic heterocycles. The van der Waals surface area contributed by atoms with Crippen LogP contribution in [0.25, 0.3) is 0 Å². The molecule has 24 nitrogen and oxygen atoms in total. The van der Waals surface area contributed by atoms with Crippen molar-refractivity contribution in [1.82, 2.24) is 36.4 Å². The van der Waals surface area contributed by atoms with E-state index in [2.05, 4.69) is 47.4 Å². The largest absolute Gasteiger partial charge is 0.508 e. The van der Waals surface area contributed by atoms with Gasteiger partial charge >= 0.3 is 0 Å². The van der Waals surface area contributed by atoms with Crippen molar-refractivity contribution in [3.05, 3.63) is 29.8 Å². The molecule has 1 aromatic rings. The molecule has 1 aromatic carbocycles. The van der Waals surface area contributed by atoms with E-state index in [4.69, 9.17) is 5.73 Å². The number of benzene rings is 1. The van der Waals surface area contributed by atoms with Crippen LogP contribution in [0.1, 0.15) is 129 Å². The van der Waals surface area contributed by atoms with Crippen LogP contribution in [-0.2, 0) is 33.6 Å². The van der Waals surface area contributed by atoms with E-state index in [1.807, 2.05) is 0 Å². The highest BCUT2D eigenvalue weighted by Gasteiger charge is 2.48. The fraction of sp³-hybridized carbons (Fsp3) is 0.740. The molecule has 0 spiro atoms. The Kier molecular flexibility index (Phi) is 24.4. The highest BCUT2D eigenvalue weighted by atomic mass is 16.3. The number of hydrogen-bond acceptors (Lipinski definition) is 17. The number of carbonyl (C=O) groups excluding carboxylic acids is 7. The Morgan fingerprint density at radius 1 is 0.676 bits per heavy atom. The second kappa shape index (κ2) is 29.3. The smallest absolute Gasteiger partial charge is 0.248 e. The van der Waals surface area contributed by atoms with E-state index in [1.165, 1.54) is 18.6 Å². The number of phenolic OH excluding ortho intramolecular Hbond substituents is 1. The lowest BCUT2D eigenvalue weighted by Crippen LogP contribution is -2.64. The van der Waals surface area contributed by atoms with E-state index in [0.717, 1.165) is 67.4 Å². The Balaban J connectivity index is 1.67. The number of nitrogens with two attached hydrogens (primary N) is 1. The van der Waals surface area contributed by atoms with Gasteiger partial charge in [-0.15, -0.1) is 0 Å². The van der Waals surface area contributed by atoms with Crippen LogP contribution in [0.3, 0.4) is 0 Å². The summed E-state index contributed by atoms with van der Waals surface area (Å²) in [5.41, 5.74) is 5.63. The Bertz CT molecular complexity index is 2020. The molecule has 3 saturated heterocycles. The number of nitrogens with one attached hydrogen (secondary N) is 5. The molecule has 3 aliphatic heterocycles. The molecule has 0 saturated carbocycles. The maximum Gasteiger partial charge on any atom is 0.248 e. The van der Waals surface area contributed by atoms with E-state index in [-0.39, 0.29) is 30.7 Å². The fourth-order valence-corrected chi connectivity index (χ4v) is 9.78. The highest BCUT2D eigenvalue weighted by Crippen LogP contribution is 2.27. The molecule has 0 unspecified atom stereocenters. The summed E-state index contributed by atoms with van der Waals surface area (Å²) in [5.74, 6) is -6.77. The molecular formula is C50H82N8O16. The van der Waals surface area contributed by atoms with E-state index >= 15 is 0 Å². The van der Waals surface area contributed by atoms with Gasteiger partial charge in [-0.3, -0.25) is 33.6 Å². The Morgan fingerprint density at radius 3 is 1.77 bits per heavy atom. The summed E-state index contributed by atoms with van der Waals surface area (Å²) in [6.45, 7) is 6.48. The first-order valence-electron chi connectivity index (χ1n) is 26.0. The average molecular weight is 1050 g/mol. The molecule has 3 fully saturated rings. The molecule has 16 N–H and O–H groups in total. The Morgan fingerprint density at radius 2 is 1.20 bits per heavy atom.